The lowest BCUT2D eigenvalue weighted by Gasteiger charge is -2.20. The molecule has 1 heterocycles. The van der Waals surface area contributed by atoms with Crippen LogP contribution in [0.2, 0.25) is 5.02 Å². The lowest BCUT2D eigenvalue weighted by atomic mass is 10.2. The monoisotopic (exact) mass is 415 g/mol. The highest BCUT2D eigenvalue weighted by Crippen LogP contribution is 2.24. The standard InChI is InChI=1S/C20H18ClN3O3S/c1-24(28(26,27)19-10-8-16(21)9-11-19)18-7-4-5-15(13-18)20(25)23-14-17-6-2-3-12-22-17/h2-13H,14H2,1H3,(H,23,25). The van der Waals surface area contributed by atoms with E-state index in [2.05, 4.69) is 10.3 Å². The molecular weight excluding hydrogens is 398 g/mol. The number of carbonyl (C=O) groups is 1. The normalized spacial score (nSPS) is 11.1. The predicted octanol–water partition coefficient (Wildman–Crippen LogP) is 3.49. The van der Waals surface area contributed by atoms with Crippen molar-refractivity contribution < 1.29 is 13.2 Å². The minimum absolute atomic E-state index is 0.115. The van der Waals surface area contributed by atoms with Crippen molar-refractivity contribution in [2.45, 2.75) is 11.4 Å². The molecule has 0 saturated heterocycles. The maximum Gasteiger partial charge on any atom is 0.264 e. The van der Waals surface area contributed by atoms with Gasteiger partial charge in [0.25, 0.3) is 15.9 Å². The molecule has 8 heteroatoms. The van der Waals surface area contributed by atoms with Gasteiger partial charge < -0.3 is 5.32 Å². The fraction of sp³-hybridized carbons (Fsp3) is 0.100. The average molecular weight is 416 g/mol. The minimum Gasteiger partial charge on any atom is -0.346 e. The third-order valence-corrected chi connectivity index (χ3v) is 6.15. The van der Waals surface area contributed by atoms with Gasteiger partial charge in [0, 0.05) is 23.8 Å². The molecule has 0 radical (unpaired) electrons. The Morgan fingerprint density at radius 2 is 1.82 bits per heavy atom. The van der Waals surface area contributed by atoms with Crippen molar-refractivity contribution >= 4 is 33.2 Å². The van der Waals surface area contributed by atoms with E-state index in [1.54, 1.807) is 30.5 Å². The molecule has 1 amide bonds. The number of halogens is 1. The van der Waals surface area contributed by atoms with Crippen LogP contribution in [0.1, 0.15) is 16.1 Å². The second kappa shape index (κ2) is 8.41. The predicted molar refractivity (Wildman–Crippen MR) is 109 cm³/mol. The summed E-state index contributed by atoms with van der Waals surface area (Å²) in [5, 5.41) is 3.23. The van der Waals surface area contributed by atoms with E-state index < -0.39 is 10.0 Å². The zero-order valence-electron chi connectivity index (χ0n) is 15.0. The summed E-state index contributed by atoms with van der Waals surface area (Å²) >= 11 is 5.83. The van der Waals surface area contributed by atoms with Crippen LogP contribution in [0, 0.1) is 0 Å². The fourth-order valence-electron chi connectivity index (χ4n) is 2.52. The molecule has 144 valence electrons. The number of carbonyl (C=O) groups excluding carboxylic acids is 1. The lowest BCUT2D eigenvalue weighted by molar-refractivity contribution is 0.0950. The van der Waals surface area contributed by atoms with Gasteiger partial charge in [0.05, 0.1) is 22.8 Å². The highest BCUT2D eigenvalue weighted by atomic mass is 35.5. The summed E-state index contributed by atoms with van der Waals surface area (Å²) in [5.41, 5.74) is 1.46. The van der Waals surface area contributed by atoms with Gasteiger partial charge in [-0.05, 0) is 54.6 Å². The molecule has 0 aliphatic carbocycles. The van der Waals surface area contributed by atoms with E-state index in [9.17, 15) is 13.2 Å². The van der Waals surface area contributed by atoms with Crippen molar-refractivity contribution in [1.82, 2.24) is 10.3 Å². The maximum atomic E-state index is 12.8. The Labute approximate surface area is 168 Å². The van der Waals surface area contributed by atoms with Gasteiger partial charge >= 0.3 is 0 Å². The van der Waals surface area contributed by atoms with Gasteiger partial charge in [0.1, 0.15) is 0 Å². The topological polar surface area (TPSA) is 79.4 Å². The number of nitrogens with zero attached hydrogens (tertiary/aromatic N) is 2. The molecule has 3 rings (SSSR count). The second-order valence-corrected chi connectivity index (χ2v) is 8.39. The molecule has 0 spiro atoms. The van der Waals surface area contributed by atoms with E-state index in [-0.39, 0.29) is 17.3 Å². The van der Waals surface area contributed by atoms with Crippen LogP contribution < -0.4 is 9.62 Å². The third-order valence-electron chi connectivity index (χ3n) is 4.10. The van der Waals surface area contributed by atoms with Crippen LogP contribution in [0.25, 0.3) is 0 Å². The second-order valence-electron chi connectivity index (χ2n) is 5.98. The van der Waals surface area contributed by atoms with Crippen molar-refractivity contribution in [2.24, 2.45) is 0 Å². The number of benzene rings is 2. The van der Waals surface area contributed by atoms with Crippen molar-refractivity contribution in [3.05, 3.63) is 89.2 Å². The van der Waals surface area contributed by atoms with Gasteiger partial charge in [-0.25, -0.2) is 8.42 Å². The Morgan fingerprint density at radius 1 is 1.07 bits per heavy atom. The van der Waals surface area contributed by atoms with Crippen LogP contribution in [0.3, 0.4) is 0 Å². The molecular formula is C20H18ClN3O3S. The largest absolute Gasteiger partial charge is 0.346 e. The molecule has 1 N–H and O–H groups in total. The average Bonchev–Trinajstić information content (AvgIpc) is 2.72. The molecule has 0 bridgehead atoms. The molecule has 3 aromatic rings. The Bertz CT molecular complexity index is 1070. The first-order chi connectivity index (χ1) is 13.4. The summed E-state index contributed by atoms with van der Waals surface area (Å²) in [7, 11) is -2.33. The molecule has 0 unspecified atom stereocenters. The molecule has 2 aromatic carbocycles. The SMILES string of the molecule is CN(c1cccc(C(=O)NCc2ccccn2)c1)S(=O)(=O)c1ccc(Cl)cc1. The van der Waals surface area contributed by atoms with E-state index in [0.29, 0.717) is 16.3 Å². The van der Waals surface area contributed by atoms with E-state index >= 15 is 0 Å². The lowest BCUT2D eigenvalue weighted by Crippen LogP contribution is -2.27. The number of nitrogens with one attached hydrogen (secondary N) is 1. The van der Waals surface area contributed by atoms with Crippen LogP contribution >= 0.6 is 11.6 Å². The zero-order chi connectivity index (χ0) is 20.1. The molecule has 0 aliphatic heterocycles. The summed E-state index contributed by atoms with van der Waals surface area (Å²) in [6, 6.07) is 17.8. The molecule has 6 nitrogen and oxygen atoms in total. The number of hydrogen-bond donors (Lipinski definition) is 1. The summed E-state index contributed by atoms with van der Waals surface area (Å²) < 4.78 is 26.8. The van der Waals surface area contributed by atoms with Crippen molar-refractivity contribution in [3.8, 4) is 0 Å². The van der Waals surface area contributed by atoms with Crippen LogP contribution in [-0.2, 0) is 16.6 Å². The first-order valence-corrected chi connectivity index (χ1v) is 10.2. The number of hydrogen-bond acceptors (Lipinski definition) is 4. The van der Waals surface area contributed by atoms with Gasteiger partial charge in [-0.3, -0.25) is 14.1 Å². The van der Waals surface area contributed by atoms with Crippen molar-refractivity contribution in [2.75, 3.05) is 11.4 Å². The first kappa shape index (κ1) is 19.9. The molecule has 0 atom stereocenters. The zero-order valence-corrected chi connectivity index (χ0v) is 16.6. The maximum absolute atomic E-state index is 12.8. The summed E-state index contributed by atoms with van der Waals surface area (Å²) in [6.07, 6.45) is 1.65. The quantitative estimate of drug-likeness (QED) is 0.668. The summed E-state index contributed by atoms with van der Waals surface area (Å²) in [4.78, 5) is 16.7. The summed E-state index contributed by atoms with van der Waals surface area (Å²) in [5.74, 6) is -0.315. The molecule has 0 aliphatic rings. The number of sulfonamides is 1. The Balaban J connectivity index is 1.78. The fourth-order valence-corrected chi connectivity index (χ4v) is 3.84. The van der Waals surface area contributed by atoms with Gasteiger partial charge in [-0.1, -0.05) is 23.7 Å². The number of anilines is 1. The third kappa shape index (κ3) is 4.49. The smallest absolute Gasteiger partial charge is 0.264 e. The van der Waals surface area contributed by atoms with E-state index in [1.807, 2.05) is 12.1 Å². The molecule has 0 fully saturated rings. The van der Waals surface area contributed by atoms with Crippen LogP contribution in [0.15, 0.2) is 77.8 Å². The number of rotatable bonds is 6. The van der Waals surface area contributed by atoms with Crippen LogP contribution in [0.5, 0.6) is 0 Å². The first-order valence-electron chi connectivity index (χ1n) is 8.40. The number of amides is 1. The summed E-state index contributed by atoms with van der Waals surface area (Å²) in [6.45, 7) is 0.281. The highest BCUT2D eigenvalue weighted by molar-refractivity contribution is 7.92. The van der Waals surface area contributed by atoms with Gasteiger partial charge in [0.2, 0.25) is 0 Å². The Morgan fingerprint density at radius 3 is 2.50 bits per heavy atom. The van der Waals surface area contributed by atoms with Crippen LogP contribution in [-0.4, -0.2) is 26.4 Å². The number of pyridine rings is 1. The van der Waals surface area contributed by atoms with Gasteiger partial charge in [-0.2, -0.15) is 0 Å². The Hall–Kier alpha value is -2.90. The minimum atomic E-state index is -3.77. The van der Waals surface area contributed by atoms with E-state index in [0.717, 1.165) is 10.00 Å². The van der Waals surface area contributed by atoms with Crippen molar-refractivity contribution in [1.29, 1.82) is 0 Å². The highest BCUT2D eigenvalue weighted by Gasteiger charge is 2.22. The van der Waals surface area contributed by atoms with E-state index in [4.69, 9.17) is 11.6 Å². The van der Waals surface area contributed by atoms with Crippen molar-refractivity contribution in [3.63, 3.8) is 0 Å². The Kier molecular flexibility index (Phi) is 5.96. The molecule has 1 aromatic heterocycles. The van der Waals surface area contributed by atoms with E-state index in [1.165, 1.54) is 37.4 Å². The number of aromatic nitrogens is 1. The van der Waals surface area contributed by atoms with Gasteiger partial charge in [0.15, 0.2) is 0 Å². The molecule has 28 heavy (non-hydrogen) atoms. The van der Waals surface area contributed by atoms with Gasteiger partial charge in [-0.15, -0.1) is 0 Å². The van der Waals surface area contributed by atoms with Crippen LogP contribution in [0.4, 0.5) is 5.69 Å². The molecule has 0 saturated carbocycles.